The zero-order chi connectivity index (χ0) is 16.0. The van der Waals surface area contributed by atoms with Crippen LogP contribution in [0.1, 0.15) is 5.56 Å². The van der Waals surface area contributed by atoms with Crippen molar-refractivity contribution in [3.8, 4) is 11.4 Å². The number of hydrogen-bond acceptors (Lipinski definition) is 7. The van der Waals surface area contributed by atoms with Crippen LogP contribution in [0.5, 0.6) is 0 Å². The van der Waals surface area contributed by atoms with Crippen molar-refractivity contribution in [3.63, 3.8) is 0 Å². The summed E-state index contributed by atoms with van der Waals surface area (Å²) in [5.74, 6) is 1.55. The van der Waals surface area contributed by atoms with Crippen LogP contribution in [-0.2, 0) is 0 Å². The molecule has 4 rings (SSSR count). The summed E-state index contributed by atoms with van der Waals surface area (Å²) < 4.78 is 1.75. The van der Waals surface area contributed by atoms with E-state index < -0.39 is 0 Å². The number of hydrogen-bond donors (Lipinski definition) is 2. The first kappa shape index (κ1) is 13.4. The molecule has 0 saturated heterocycles. The molecule has 0 aliphatic rings. The van der Waals surface area contributed by atoms with Gasteiger partial charge in [0.25, 0.3) is 0 Å². The van der Waals surface area contributed by atoms with Gasteiger partial charge < -0.3 is 11.1 Å². The lowest BCUT2D eigenvalue weighted by Crippen LogP contribution is -2.00. The van der Waals surface area contributed by atoms with Gasteiger partial charge in [-0.05, 0) is 24.6 Å². The van der Waals surface area contributed by atoms with Gasteiger partial charge in [-0.1, -0.05) is 6.07 Å². The Labute approximate surface area is 131 Å². The molecule has 0 bridgehead atoms. The van der Waals surface area contributed by atoms with Gasteiger partial charge in [0, 0.05) is 30.4 Å². The maximum absolute atomic E-state index is 5.80. The summed E-state index contributed by atoms with van der Waals surface area (Å²) in [6.07, 6.45) is 3.65. The molecule has 8 nitrogen and oxygen atoms in total. The third-order valence-electron chi connectivity index (χ3n) is 3.61. The van der Waals surface area contributed by atoms with Crippen molar-refractivity contribution >= 4 is 28.2 Å². The molecule has 8 heteroatoms. The molecule has 3 N–H and O–H groups in total. The minimum atomic E-state index is 0.339. The maximum Gasteiger partial charge on any atom is 0.184 e. The first-order valence-corrected chi connectivity index (χ1v) is 7.09. The molecule has 0 atom stereocenters. The van der Waals surface area contributed by atoms with Gasteiger partial charge in [-0.2, -0.15) is 0 Å². The monoisotopic (exact) mass is 306 g/mol. The van der Waals surface area contributed by atoms with E-state index in [9.17, 15) is 0 Å². The van der Waals surface area contributed by atoms with Crippen LogP contribution in [-0.4, -0.2) is 36.8 Å². The van der Waals surface area contributed by atoms with Crippen LogP contribution in [0.2, 0.25) is 0 Å². The van der Waals surface area contributed by atoms with Crippen LogP contribution in [0.25, 0.3) is 27.9 Å². The number of nitrogen functional groups attached to an aromatic ring is 1. The zero-order valence-electron chi connectivity index (χ0n) is 12.6. The first-order valence-electron chi connectivity index (χ1n) is 7.09. The smallest absolute Gasteiger partial charge is 0.184 e. The first-order chi connectivity index (χ1) is 11.2. The van der Waals surface area contributed by atoms with Gasteiger partial charge in [0.05, 0.1) is 0 Å². The van der Waals surface area contributed by atoms with Gasteiger partial charge in [-0.25, -0.2) is 14.5 Å². The van der Waals surface area contributed by atoms with Crippen molar-refractivity contribution in [3.05, 3.63) is 36.2 Å². The molecule has 23 heavy (non-hydrogen) atoms. The Bertz CT molecular complexity index is 1040. The molecule has 0 saturated carbocycles. The van der Waals surface area contributed by atoms with Crippen LogP contribution < -0.4 is 11.1 Å². The molecule has 0 aliphatic heterocycles. The van der Waals surface area contributed by atoms with Crippen molar-refractivity contribution < 1.29 is 0 Å². The average molecular weight is 306 g/mol. The van der Waals surface area contributed by atoms with Gasteiger partial charge in [-0.15, -0.1) is 15.3 Å². The topological polar surface area (TPSA) is 107 Å². The molecule has 4 aromatic rings. The van der Waals surface area contributed by atoms with E-state index in [2.05, 4.69) is 30.6 Å². The Morgan fingerprint density at radius 2 is 2.09 bits per heavy atom. The second-order valence-corrected chi connectivity index (χ2v) is 5.25. The predicted molar refractivity (Wildman–Crippen MR) is 88.0 cm³/mol. The minimum Gasteiger partial charge on any atom is -0.382 e. The summed E-state index contributed by atoms with van der Waals surface area (Å²) in [7, 11) is 1.78. The van der Waals surface area contributed by atoms with Gasteiger partial charge in [-0.3, -0.25) is 0 Å². The summed E-state index contributed by atoms with van der Waals surface area (Å²) in [4.78, 5) is 8.94. The van der Waals surface area contributed by atoms with Gasteiger partial charge in [0.15, 0.2) is 17.3 Å². The Morgan fingerprint density at radius 3 is 2.91 bits per heavy atom. The van der Waals surface area contributed by atoms with Crippen molar-refractivity contribution in [2.45, 2.75) is 6.92 Å². The number of pyridine rings is 2. The van der Waals surface area contributed by atoms with Crippen LogP contribution in [0.3, 0.4) is 0 Å². The molecule has 0 amide bonds. The Morgan fingerprint density at radius 1 is 1.22 bits per heavy atom. The second kappa shape index (κ2) is 4.87. The molecule has 0 aromatic carbocycles. The highest BCUT2D eigenvalue weighted by Gasteiger charge is 2.15. The van der Waals surface area contributed by atoms with Crippen LogP contribution in [0.4, 0.5) is 11.6 Å². The third kappa shape index (κ3) is 2.11. The molecule has 4 aromatic heterocycles. The van der Waals surface area contributed by atoms with E-state index in [1.54, 1.807) is 23.8 Å². The number of aromatic nitrogens is 6. The second-order valence-electron chi connectivity index (χ2n) is 5.25. The van der Waals surface area contributed by atoms with Crippen LogP contribution in [0, 0.1) is 6.92 Å². The normalized spacial score (nSPS) is 11.2. The van der Waals surface area contributed by atoms with Gasteiger partial charge in [0.2, 0.25) is 0 Å². The molecule has 114 valence electrons. The van der Waals surface area contributed by atoms with Crippen molar-refractivity contribution in [2.75, 3.05) is 18.1 Å². The van der Waals surface area contributed by atoms with E-state index >= 15 is 0 Å². The predicted octanol–water partition coefficient (Wildman–Crippen LogP) is 1.67. The summed E-state index contributed by atoms with van der Waals surface area (Å²) in [5, 5.41) is 16.4. The highest BCUT2D eigenvalue weighted by Crippen LogP contribution is 2.29. The summed E-state index contributed by atoms with van der Waals surface area (Å²) >= 11 is 0. The summed E-state index contributed by atoms with van der Waals surface area (Å²) in [5.41, 5.74) is 9.07. The van der Waals surface area contributed by atoms with Gasteiger partial charge in [0.1, 0.15) is 11.3 Å². The third-order valence-corrected chi connectivity index (χ3v) is 3.61. The Balaban J connectivity index is 2.01. The van der Waals surface area contributed by atoms with Crippen LogP contribution >= 0.6 is 0 Å². The molecular weight excluding hydrogens is 292 g/mol. The summed E-state index contributed by atoms with van der Waals surface area (Å²) in [6.45, 7) is 2.01. The molecule has 0 radical (unpaired) electrons. The van der Waals surface area contributed by atoms with Crippen molar-refractivity contribution in [1.82, 2.24) is 29.8 Å². The highest BCUT2D eigenvalue weighted by atomic mass is 15.3. The van der Waals surface area contributed by atoms with E-state index in [1.165, 1.54) is 0 Å². The number of nitrogens with one attached hydrogen (secondary N) is 1. The Kier molecular flexibility index (Phi) is 2.83. The fourth-order valence-electron chi connectivity index (χ4n) is 2.51. The van der Waals surface area contributed by atoms with Crippen LogP contribution in [0.15, 0.2) is 30.6 Å². The molecular formula is C15H14N8. The lowest BCUT2D eigenvalue weighted by molar-refractivity contribution is 0.956. The number of aryl methyl sites for hydroxylation is 1. The minimum absolute atomic E-state index is 0.339. The van der Waals surface area contributed by atoms with E-state index in [1.807, 2.05) is 25.3 Å². The van der Waals surface area contributed by atoms with Crippen molar-refractivity contribution in [2.24, 2.45) is 0 Å². The van der Waals surface area contributed by atoms with E-state index in [0.717, 1.165) is 22.2 Å². The number of nitrogens with two attached hydrogens (primary N) is 1. The molecule has 0 fully saturated rings. The number of fused-ring (bicyclic) bond motifs is 2. The highest BCUT2D eigenvalue weighted by molar-refractivity contribution is 5.98. The molecule has 4 heterocycles. The average Bonchev–Trinajstić information content (AvgIpc) is 2.96. The quantitative estimate of drug-likeness (QED) is 0.580. The molecule has 0 aliphatic carbocycles. The largest absolute Gasteiger partial charge is 0.382 e. The molecule has 0 spiro atoms. The zero-order valence-corrected chi connectivity index (χ0v) is 12.6. The van der Waals surface area contributed by atoms with Crippen molar-refractivity contribution in [1.29, 1.82) is 0 Å². The maximum atomic E-state index is 5.80. The van der Waals surface area contributed by atoms with Gasteiger partial charge >= 0.3 is 0 Å². The standard InChI is InChI=1S/C15H14N8/c1-8-3-4-12-19-14(22-23(12)7-8)10-6-18-15(17-2)13-9(10)5-11(16)20-21-13/h3-7H,1-2H3,(H2,16,20)(H,17,18). The fourth-order valence-corrected chi connectivity index (χ4v) is 2.51. The van der Waals surface area contributed by atoms with E-state index in [-0.39, 0.29) is 0 Å². The summed E-state index contributed by atoms with van der Waals surface area (Å²) in [6, 6.07) is 5.69. The Hall–Kier alpha value is -3.29. The number of anilines is 2. The number of rotatable bonds is 2. The SMILES string of the molecule is CNc1ncc(-c2nc3ccc(C)cn3n2)c2cc(N)nnc12. The van der Waals surface area contributed by atoms with E-state index in [0.29, 0.717) is 23.0 Å². The lowest BCUT2D eigenvalue weighted by atomic mass is 10.1. The lowest BCUT2D eigenvalue weighted by Gasteiger charge is -2.07. The fraction of sp³-hybridized carbons (Fsp3) is 0.133. The molecule has 0 unspecified atom stereocenters. The number of nitrogens with zero attached hydrogens (tertiary/aromatic N) is 6. The van der Waals surface area contributed by atoms with E-state index in [4.69, 9.17) is 5.73 Å².